The minimum atomic E-state index is -3.67. The molecule has 0 aromatic heterocycles. The molecule has 0 aliphatic heterocycles. The zero-order chi connectivity index (χ0) is 10.4. The van der Waals surface area contributed by atoms with Crippen LogP contribution in [0, 0.1) is 0 Å². The van der Waals surface area contributed by atoms with Crippen molar-refractivity contribution in [3.8, 4) is 0 Å². The van der Waals surface area contributed by atoms with E-state index in [1.54, 1.807) is 6.92 Å². The van der Waals surface area contributed by atoms with Crippen molar-refractivity contribution in [1.29, 1.82) is 0 Å². The highest BCUT2D eigenvalue weighted by atomic mass is 32.2. The van der Waals surface area contributed by atoms with Gasteiger partial charge in [0, 0.05) is 6.04 Å². The SMILES string of the molecule is CS(=O)(=O)O.C[C@@H](N)CC(=O)O. The van der Waals surface area contributed by atoms with Gasteiger partial charge in [-0.2, -0.15) is 8.42 Å². The monoisotopic (exact) mass is 199 g/mol. The lowest BCUT2D eigenvalue weighted by Gasteiger charge is -1.95. The van der Waals surface area contributed by atoms with Crippen molar-refractivity contribution in [2.24, 2.45) is 5.73 Å². The maximum Gasteiger partial charge on any atom is 0.304 e. The Hall–Kier alpha value is -0.660. The van der Waals surface area contributed by atoms with E-state index in [4.69, 9.17) is 15.4 Å². The van der Waals surface area contributed by atoms with Gasteiger partial charge < -0.3 is 10.8 Å². The van der Waals surface area contributed by atoms with Gasteiger partial charge in [-0.05, 0) is 6.92 Å². The van der Waals surface area contributed by atoms with Crippen LogP contribution in [0.5, 0.6) is 0 Å². The van der Waals surface area contributed by atoms with Gasteiger partial charge in [0.05, 0.1) is 12.7 Å². The first kappa shape index (κ1) is 13.9. The van der Waals surface area contributed by atoms with Crippen molar-refractivity contribution in [3.63, 3.8) is 0 Å². The molecule has 0 radical (unpaired) electrons. The van der Waals surface area contributed by atoms with Crippen LogP contribution in [0.3, 0.4) is 0 Å². The van der Waals surface area contributed by atoms with Gasteiger partial charge in [-0.3, -0.25) is 9.35 Å². The first-order chi connectivity index (χ1) is 5.13. The highest BCUT2D eigenvalue weighted by molar-refractivity contribution is 7.85. The summed E-state index contributed by atoms with van der Waals surface area (Å²) in [7, 11) is -3.67. The van der Waals surface area contributed by atoms with Crippen LogP contribution >= 0.6 is 0 Å². The number of carboxylic acid groups (broad SMARTS) is 1. The number of carbonyl (C=O) groups is 1. The average molecular weight is 199 g/mol. The average Bonchev–Trinajstić information content (AvgIpc) is 1.52. The van der Waals surface area contributed by atoms with Crippen LogP contribution < -0.4 is 5.73 Å². The van der Waals surface area contributed by atoms with Crippen LogP contribution in [-0.2, 0) is 14.9 Å². The molecule has 0 unspecified atom stereocenters. The van der Waals surface area contributed by atoms with E-state index in [1.807, 2.05) is 0 Å². The third-order valence-electron chi connectivity index (χ3n) is 0.497. The molecule has 4 N–H and O–H groups in total. The molecule has 0 aromatic rings. The van der Waals surface area contributed by atoms with Gasteiger partial charge in [0.25, 0.3) is 10.1 Å². The lowest BCUT2D eigenvalue weighted by Crippen LogP contribution is -2.18. The van der Waals surface area contributed by atoms with E-state index >= 15 is 0 Å². The molecule has 12 heavy (non-hydrogen) atoms. The van der Waals surface area contributed by atoms with Gasteiger partial charge in [-0.1, -0.05) is 0 Å². The van der Waals surface area contributed by atoms with Gasteiger partial charge in [0.1, 0.15) is 0 Å². The maximum atomic E-state index is 9.73. The Morgan fingerprint density at radius 1 is 1.58 bits per heavy atom. The van der Waals surface area contributed by atoms with E-state index in [2.05, 4.69) is 0 Å². The first-order valence-corrected chi connectivity index (χ1v) is 4.87. The summed E-state index contributed by atoms with van der Waals surface area (Å²) in [6.07, 6.45) is 0.771. The molecule has 0 heterocycles. The van der Waals surface area contributed by atoms with Crippen molar-refractivity contribution in [1.82, 2.24) is 0 Å². The Kier molecular flexibility index (Phi) is 6.86. The Bertz CT molecular complexity index is 212. The van der Waals surface area contributed by atoms with Crippen LogP contribution in [0.25, 0.3) is 0 Å². The molecule has 0 aliphatic carbocycles. The summed E-state index contributed by atoms with van der Waals surface area (Å²) in [5, 5.41) is 8.00. The largest absolute Gasteiger partial charge is 0.481 e. The van der Waals surface area contributed by atoms with E-state index in [-0.39, 0.29) is 12.5 Å². The van der Waals surface area contributed by atoms with E-state index in [9.17, 15) is 13.2 Å². The zero-order valence-electron chi connectivity index (χ0n) is 6.89. The fourth-order valence-electron chi connectivity index (χ4n) is 0.275. The van der Waals surface area contributed by atoms with Crippen molar-refractivity contribution >= 4 is 16.1 Å². The molecule has 1 atom stereocenters. The Balaban J connectivity index is 0. The number of carboxylic acids is 1. The van der Waals surface area contributed by atoms with Crippen LogP contribution in [0.4, 0.5) is 0 Å². The third-order valence-corrected chi connectivity index (χ3v) is 0.497. The number of rotatable bonds is 2. The van der Waals surface area contributed by atoms with E-state index in [1.165, 1.54) is 0 Å². The summed E-state index contributed by atoms with van der Waals surface area (Å²) in [4.78, 5) is 9.73. The van der Waals surface area contributed by atoms with Crippen molar-refractivity contribution in [2.45, 2.75) is 19.4 Å². The van der Waals surface area contributed by atoms with Crippen LogP contribution in [-0.4, -0.2) is 36.3 Å². The number of hydrogen-bond donors (Lipinski definition) is 3. The molecule has 6 nitrogen and oxygen atoms in total. The Morgan fingerprint density at radius 3 is 1.83 bits per heavy atom. The molecule has 7 heteroatoms. The summed E-state index contributed by atoms with van der Waals surface area (Å²) >= 11 is 0. The second kappa shape index (κ2) is 5.92. The van der Waals surface area contributed by atoms with E-state index < -0.39 is 16.1 Å². The number of aliphatic carboxylic acids is 1. The fourth-order valence-corrected chi connectivity index (χ4v) is 0.275. The molecular formula is C5H13NO5S. The highest BCUT2D eigenvalue weighted by Crippen LogP contribution is 1.82. The summed E-state index contributed by atoms with van der Waals surface area (Å²) in [6, 6.07) is -0.225. The summed E-state index contributed by atoms with van der Waals surface area (Å²) in [5.74, 6) is -0.838. The first-order valence-electron chi connectivity index (χ1n) is 3.02. The Labute approximate surface area is 71.1 Å². The number of nitrogens with two attached hydrogens (primary N) is 1. The third kappa shape index (κ3) is 58.2. The Morgan fingerprint density at radius 2 is 1.83 bits per heavy atom. The molecule has 0 amide bonds. The van der Waals surface area contributed by atoms with Gasteiger partial charge in [0.15, 0.2) is 0 Å². The van der Waals surface area contributed by atoms with Crippen LogP contribution in [0.2, 0.25) is 0 Å². The molecule has 0 fully saturated rings. The normalized spacial score (nSPS) is 12.7. The predicted octanol–water partition coefficient (Wildman–Crippen LogP) is -0.688. The molecule has 0 rings (SSSR count). The molecule has 74 valence electrons. The highest BCUT2D eigenvalue weighted by Gasteiger charge is 1.98. The lowest BCUT2D eigenvalue weighted by atomic mass is 10.3. The second-order valence-electron chi connectivity index (χ2n) is 2.31. The topological polar surface area (TPSA) is 118 Å². The molecule has 0 saturated heterocycles. The number of hydrogen-bond acceptors (Lipinski definition) is 4. The summed E-state index contributed by atoms with van der Waals surface area (Å²) in [6.45, 7) is 1.66. The van der Waals surface area contributed by atoms with E-state index in [0.717, 1.165) is 0 Å². The quantitative estimate of drug-likeness (QED) is 0.507. The minimum absolute atomic E-state index is 0.0556. The van der Waals surface area contributed by atoms with Gasteiger partial charge in [-0.25, -0.2) is 0 Å². The van der Waals surface area contributed by atoms with Gasteiger partial charge in [-0.15, -0.1) is 0 Å². The molecule has 0 aromatic carbocycles. The lowest BCUT2D eigenvalue weighted by molar-refractivity contribution is -0.137. The van der Waals surface area contributed by atoms with Crippen LogP contribution in [0.1, 0.15) is 13.3 Å². The van der Waals surface area contributed by atoms with Crippen molar-refractivity contribution < 1.29 is 22.9 Å². The molecule has 0 aliphatic rings. The van der Waals surface area contributed by atoms with Gasteiger partial charge in [0.2, 0.25) is 0 Å². The predicted molar refractivity (Wildman–Crippen MR) is 43.4 cm³/mol. The smallest absolute Gasteiger partial charge is 0.304 e. The standard InChI is InChI=1S/C4H9NO2.CH4O3S/c1-3(5)2-4(6)7;1-5(2,3)4/h3H,2,5H2,1H3,(H,6,7);1H3,(H,2,3,4)/t3-;/m1./s1. The molecule has 0 spiro atoms. The summed E-state index contributed by atoms with van der Waals surface area (Å²) in [5.41, 5.74) is 5.11. The second-order valence-corrected chi connectivity index (χ2v) is 3.77. The zero-order valence-corrected chi connectivity index (χ0v) is 7.71. The molecule has 0 bridgehead atoms. The molecular weight excluding hydrogens is 186 g/mol. The minimum Gasteiger partial charge on any atom is -0.481 e. The maximum absolute atomic E-state index is 9.73. The van der Waals surface area contributed by atoms with Crippen LogP contribution in [0.15, 0.2) is 0 Å². The van der Waals surface area contributed by atoms with Gasteiger partial charge >= 0.3 is 5.97 Å². The van der Waals surface area contributed by atoms with E-state index in [0.29, 0.717) is 6.26 Å². The van der Waals surface area contributed by atoms with Crippen molar-refractivity contribution in [2.75, 3.05) is 6.26 Å². The van der Waals surface area contributed by atoms with Crippen molar-refractivity contribution in [3.05, 3.63) is 0 Å². The fraction of sp³-hybridized carbons (Fsp3) is 0.800. The summed E-state index contributed by atoms with van der Waals surface area (Å²) < 4.78 is 25.9. The molecule has 0 saturated carbocycles.